The molecule has 74 valence electrons. The minimum absolute atomic E-state index is 0.0249. The second-order valence-electron chi connectivity index (χ2n) is 3.17. The van der Waals surface area contributed by atoms with Crippen LogP contribution < -0.4 is 5.32 Å². The summed E-state index contributed by atoms with van der Waals surface area (Å²) < 4.78 is 26.8. The van der Waals surface area contributed by atoms with Crippen LogP contribution in [0.1, 0.15) is 5.69 Å². The van der Waals surface area contributed by atoms with Gasteiger partial charge in [-0.3, -0.25) is 4.98 Å². The molecule has 4 heteroatoms. The Bertz CT molecular complexity index is 346. The number of aromatic nitrogens is 1. The summed E-state index contributed by atoms with van der Waals surface area (Å²) in [6.07, 6.45) is 3.01. The van der Waals surface area contributed by atoms with Crippen LogP contribution in [0.4, 0.5) is 8.78 Å². The zero-order valence-electron chi connectivity index (χ0n) is 7.50. The highest BCUT2D eigenvalue weighted by atomic mass is 19.3. The summed E-state index contributed by atoms with van der Waals surface area (Å²) in [6.45, 7) is 0.164. The molecule has 1 aromatic rings. The maximum Gasteiger partial charge on any atom is 0.287 e. The fraction of sp³-hybridized carbons (Fsp3) is 0.300. The Labute approximate surface area is 80.7 Å². The third kappa shape index (κ3) is 1.65. The SMILES string of the molecule is FC1(F)CNCC=C1c1ccccn1. The second kappa shape index (κ2) is 3.46. The lowest BCUT2D eigenvalue weighted by molar-refractivity contribution is 0.0633. The molecule has 0 atom stereocenters. The van der Waals surface area contributed by atoms with Crippen LogP contribution in [0.3, 0.4) is 0 Å². The van der Waals surface area contributed by atoms with Gasteiger partial charge in [0.2, 0.25) is 0 Å². The van der Waals surface area contributed by atoms with E-state index < -0.39 is 5.92 Å². The van der Waals surface area contributed by atoms with Crippen molar-refractivity contribution in [3.05, 3.63) is 36.2 Å². The summed E-state index contributed by atoms with van der Waals surface area (Å²) in [5.74, 6) is -2.81. The van der Waals surface area contributed by atoms with Crippen molar-refractivity contribution in [1.82, 2.24) is 10.3 Å². The van der Waals surface area contributed by atoms with Gasteiger partial charge in [-0.1, -0.05) is 12.1 Å². The highest BCUT2D eigenvalue weighted by Gasteiger charge is 2.37. The molecule has 0 aliphatic carbocycles. The molecule has 1 N–H and O–H groups in total. The molecule has 0 radical (unpaired) electrons. The minimum Gasteiger partial charge on any atom is -0.307 e. The van der Waals surface area contributed by atoms with Crippen LogP contribution in [0.15, 0.2) is 30.5 Å². The Morgan fingerprint density at radius 3 is 2.86 bits per heavy atom. The number of alkyl halides is 2. The molecule has 14 heavy (non-hydrogen) atoms. The molecule has 0 unspecified atom stereocenters. The van der Waals surface area contributed by atoms with Crippen molar-refractivity contribution in [2.75, 3.05) is 13.1 Å². The Kier molecular flexibility index (Phi) is 2.29. The van der Waals surface area contributed by atoms with Crippen LogP contribution in [-0.4, -0.2) is 24.0 Å². The highest BCUT2D eigenvalue weighted by molar-refractivity contribution is 5.69. The van der Waals surface area contributed by atoms with E-state index in [4.69, 9.17) is 0 Å². The summed E-state index contributed by atoms with van der Waals surface area (Å²) in [5.41, 5.74) is 0.385. The topological polar surface area (TPSA) is 24.9 Å². The van der Waals surface area contributed by atoms with Gasteiger partial charge in [-0.05, 0) is 12.1 Å². The van der Waals surface area contributed by atoms with Crippen LogP contribution in [-0.2, 0) is 0 Å². The molecule has 1 aliphatic heterocycles. The van der Waals surface area contributed by atoms with E-state index in [-0.39, 0.29) is 12.1 Å². The normalized spacial score (nSPS) is 20.3. The van der Waals surface area contributed by atoms with Crippen LogP contribution in [0.5, 0.6) is 0 Å². The Morgan fingerprint density at radius 2 is 2.21 bits per heavy atom. The van der Waals surface area contributed by atoms with E-state index in [0.29, 0.717) is 12.2 Å². The summed E-state index contributed by atoms with van der Waals surface area (Å²) in [5, 5.41) is 2.62. The van der Waals surface area contributed by atoms with Gasteiger partial charge in [0.1, 0.15) is 0 Å². The third-order valence-electron chi connectivity index (χ3n) is 2.13. The summed E-state index contributed by atoms with van der Waals surface area (Å²) >= 11 is 0. The fourth-order valence-electron chi connectivity index (χ4n) is 1.46. The number of hydrogen-bond acceptors (Lipinski definition) is 2. The van der Waals surface area contributed by atoms with Crippen molar-refractivity contribution in [3.63, 3.8) is 0 Å². The maximum atomic E-state index is 13.4. The molecule has 1 aromatic heterocycles. The minimum atomic E-state index is -2.81. The van der Waals surface area contributed by atoms with Crippen molar-refractivity contribution in [1.29, 1.82) is 0 Å². The molecule has 0 fully saturated rings. The van der Waals surface area contributed by atoms with Crippen LogP contribution >= 0.6 is 0 Å². The second-order valence-corrected chi connectivity index (χ2v) is 3.17. The molecule has 0 amide bonds. The molecule has 2 nitrogen and oxygen atoms in total. The summed E-state index contributed by atoms with van der Waals surface area (Å²) in [4.78, 5) is 3.92. The number of pyridine rings is 1. The molecule has 0 bridgehead atoms. The van der Waals surface area contributed by atoms with Gasteiger partial charge in [0.05, 0.1) is 12.2 Å². The molecule has 2 heterocycles. The zero-order valence-corrected chi connectivity index (χ0v) is 7.50. The number of rotatable bonds is 1. The van der Waals surface area contributed by atoms with Gasteiger partial charge in [0, 0.05) is 18.3 Å². The van der Waals surface area contributed by atoms with E-state index >= 15 is 0 Å². The van der Waals surface area contributed by atoms with E-state index in [1.807, 2.05) is 0 Å². The predicted octanol–water partition coefficient (Wildman–Crippen LogP) is 1.70. The predicted molar refractivity (Wildman–Crippen MR) is 50.0 cm³/mol. The van der Waals surface area contributed by atoms with Crippen molar-refractivity contribution in [3.8, 4) is 0 Å². The van der Waals surface area contributed by atoms with Gasteiger partial charge in [0.15, 0.2) is 0 Å². The van der Waals surface area contributed by atoms with Gasteiger partial charge in [0.25, 0.3) is 5.92 Å². The maximum absolute atomic E-state index is 13.4. The lowest BCUT2D eigenvalue weighted by Crippen LogP contribution is -2.38. The number of nitrogens with one attached hydrogen (secondary N) is 1. The van der Waals surface area contributed by atoms with Crippen LogP contribution in [0.2, 0.25) is 0 Å². The first-order valence-electron chi connectivity index (χ1n) is 4.41. The highest BCUT2D eigenvalue weighted by Crippen LogP contribution is 2.32. The number of halogens is 2. The van der Waals surface area contributed by atoms with E-state index in [9.17, 15) is 8.78 Å². The standard InChI is InChI=1S/C10H10F2N2/c11-10(12)7-13-6-4-8(10)9-3-1-2-5-14-9/h1-5,13H,6-7H2. The van der Waals surface area contributed by atoms with Crippen molar-refractivity contribution < 1.29 is 8.78 Å². The van der Waals surface area contributed by atoms with Crippen LogP contribution in [0, 0.1) is 0 Å². The van der Waals surface area contributed by atoms with Crippen molar-refractivity contribution in [2.24, 2.45) is 0 Å². The molecule has 1 aliphatic rings. The van der Waals surface area contributed by atoms with E-state index in [0.717, 1.165) is 0 Å². The molecule has 0 spiro atoms. The Hall–Kier alpha value is -1.29. The Balaban J connectivity index is 2.38. The largest absolute Gasteiger partial charge is 0.307 e. The first kappa shape index (κ1) is 9.27. The molecule has 0 saturated heterocycles. The van der Waals surface area contributed by atoms with Crippen LogP contribution in [0.25, 0.3) is 5.57 Å². The zero-order chi connectivity index (χ0) is 10.0. The van der Waals surface area contributed by atoms with E-state index in [1.54, 1.807) is 18.2 Å². The number of hydrogen-bond donors (Lipinski definition) is 1. The first-order valence-corrected chi connectivity index (χ1v) is 4.41. The third-order valence-corrected chi connectivity index (χ3v) is 2.13. The molecule has 0 saturated carbocycles. The van der Waals surface area contributed by atoms with E-state index in [1.165, 1.54) is 12.3 Å². The average molecular weight is 196 g/mol. The van der Waals surface area contributed by atoms with Crippen molar-refractivity contribution >= 4 is 5.57 Å². The summed E-state index contributed by atoms with van der Waals surface area (Å²) in [7, 11) is 0. The number of nitrogens with zero attached hydrogens (tertiary/aromatic N) is 1. The quantitative estimate of drug-likeness (QED) is 0.739. The van der Waals surface area contributed by atoms with Gasteiger partial charge < -0.3 is 5.32 Å². The molecule has 0 aromatic carbocycles. The summed E-state index contributed by atoms with van der Waals surface area (Å²) in [6, 6.07) is 5.02. The monoisotopic (exact) mass is 196 g/mol. The first-order chi connectivity index (χ1) is 6.70. The molecule has 2 rings (SSSR count). The van der Waals surface area contributed by atoms with Gasteiger partial charge in [-0.15, -0.1) is 0 Å². The average Bonchev–Trinajstić information content (AvgIpc) is 2.18. The lowest BCUT2D eigenvalue weighted by atomic mass is 10.0. The smallest absolute Gasteiger partial charge is 0.287 e. The van der Waals surface area contributed by atoms with E-state index in [2.05, 4.69) is 10.3 Å². The lowest BCUT2D eigenvalue weighted by Gasteiger charge is -2.24. The van der Waals surface area contributed by atoms with Gasteiger partial charge in [-0.25, -0.2) is 0 Å². The van der Waals surface area contributed by atoms with Crippen molar-refractivity contribution in [2.45, 2.75) is 5.92 Å². The van der Waals surface area contributed by atoms with Gasteiger partial charge >= 0.3 is 0 Å². The van der Waals surface area contributed by atoms with Gasteiger partial charge in [-0.2, -0.15) is 8.78 Å². The molecular formula is C10H10F2N2. The Morgan fingerprint density at radius 1 is 1.36 bits per heavy atom. The fourth-order valence-corrected chi connectivity index (χ4v) is 1.46. The molecular weight excluding hydrogens is 186 g/mol.